The molecule has 4 nitrogen and oxygen atoms in total. The van der Waals surface area contributed by atoms with Crippen LogP contribution in [-0.4, -0.2) is 36.9 Å². The molecule has 1 atom stereocenters. The molecule has 2 rings (SSSR count). The van der Waals surface area contributed by atoms with E-state index in [9.17, 15) is 9.59 Å². The molecule has 2 heterocycles. The minimum atomic E-state index is 0.204. The third-order valence-electron chi connectivity index (χ3n) is 2.90. The molecule has 0 spiro atoms. The summed E-state index contributed by atoms with van der Waals surface area (Å²) in [6.07, 6.45) is 3.67. The number of rotatable bonds is 1. The number of hydrogen-bond donors (Lipinski definition) is 1. The third-order valence-corrected chi connectivity index (χ3v) is 2.90. The molecule has 0 saturated carbocycles. The minimum Gasteiger partial charge on any atom is -0.356 e. The largest absolute Gasteiger partial charge is 0.356 e. The van der Waals surface area contributed by atoms with Crippen molar-refractivity contribution in [1.29, 1.82) is 0 Å². The summed E-state index contributed by atoms with van der Waals surface area (Å²) in [6, 6.07) is 0. The van der Waals surface area contributed by atoms with Crippen molar-refractivity contribution in [2.24, 2.45) is 5.92 Å². The van der Waals surface area contributed by atoms with Crippen LogP contribution >= 0.6 is 0 Å². The Hall–Kier alpha value is -1.06. The number of nitrogens with zero attached hydrogens (tertiary/aromatic N) is 1. The van der Waals surface area contributed by atoms with Gasteiger partial charge in [0, 0.05) is 33.0 Å². The van der Waals surface area contributed by atoms with Gasteiger partial charge in [-0.15, -0.1) is 0 Å². The lowest BCUT2D eigenvalue weighted by atomic mass is 10.1. The summed E-state index contributed by atoms with van der Waals surface area (Å²) < 4.78 is 0. The Kier molecular flexibility index (Phi) is 4.59. The lowest BCUT2D eigenvalue weighted by molar-refractivity contribution is -0.126. The Balaban J connectivity index is 0.000000162. The zero-order chi connectivity index (χ0) is 11.3. The first-order valence-electron chi connectivity index (χ1n) is 5.64. The molecule has 1 N–H and O–H groups in total. The molecule has 2 aliphatic heterocycles. The highest BCUT2D eigenvalue weighted by Crippen LogP contribution is 2.18. The summed E-state index contributed by atoms with van der Waals surface area (Å²) in [7, 11) is 1.87. The van der Waals surface area contributed by atoms with Gasteiger partial charge in [0.15, 0.2) is 0 Å². The second kappa shape index (κ2) is 5.73. The quantitative estimate of drug-likeness (QED) is 0.698. The fourth-order valence-electron chi connectivity index (χ4n) is 1.80. The topological polar surface area (TPSA) is 49.4 Å². The standard InChI is InChI=1S/C7H13NO.C4H7NO/c1-3-6-4-7(9)8(2)5-6;6-4-2-1-3-5-4/h6H,3-5H2,1-2H3;1-3H2,(H,5,6). The summed E-state index contributed by atoms with van der Waals surface area (Å²) in [5, 5.41) is 2.68. The molecule has 0 aliphatic carbocycles. The molecule has 2 amide bonds. The van der Waals surface area contributed by atoms with Crippen LogP contribution in [0.5, 0.6) is 0 Å². The minimum absolute atomic E-state index is 0.204. The maximum atomic E-state index is 10.9. The monoisotopic (exact) mass is 212 g/mol. The van der Waals surface area contributed by atoms with Crippen molar-refractivity contribution in [2.45, 2.75) is 32.6 Å². The molecule has 2 fully saturated rings. The van der Waals surface area contributed by atoms with Gasteiger partial charge in [0.2, 0.25) is 11.8 Å². The predicted octanol–water partition coefficient (Wildman–Crippen LogP) is 0.771. The van der Waals surface area contributed by atoms with Crippen molar-refractivity contribution in [2.75, 3.05) is 20.1 Å². The third kappa shape index (κ3) is 3.90. The van der Waals surface area contributed by atoms with E-state index in [-0.39, 0.29) is 5.91 Å². The van der Waals surface area contributed by atoms with Crippen molar-refractivity contribution in [3.8, 4) is 0 Å². The van der Waals surface area contributed by atoms with Crippen LogP contribution in [-0.2, 0) is 9.59 Å². The van der Waals surface area contributed by atoms with Crippen molar-refractivity contribution in [1.82, 2.24) is 10.2 Å². The van der Waals surface area contributed by atoms with Crippen LogP contribution in [0.4, 0.5) is 0 Å². The van der Waals surface area contributed by atoms with Gasteiger partial charge in [-0.1, -0.05) is 13.3 Å². The molecule has 0 aromatic heterocycles. The molecule has 4 heteroatoms. The maximum absolute atomic E-state index is 10.9. The zero-order valence-corrected chi connectivity index (χ0v) is 9.58. The van der Waals surface area contributed by atoms with Crippen LogP contribution in [0.3, 0.4) is 0 Å². The number of carbonyl (C=O) groups excluding carboxylic acids is 2. The average molecular weight is 212 g/mol. The molecule has 0 bridgehead atoms. The fourth-order valence-corrected chi connectivity index (χ4v) is 1.80. The van der Waals surface area contributed by atoms with E-state index in [1.165, 1.54) is 0 Å². The Morgan fingerprint density at radius 1 is 1.47 bits per heavy atom. The van der Waals surface area contributed by atoms with Gasteiger partial charge in [0.1, 0.15) is 0 Å². The summed E-state index contributed by atoms with van der Waals surface area (Å²) in [6.45, 7) is 3.99. The van der Waals surface area contributed by atoms with Gasteiger partial charge in [-0.2, -0.15) is 0 Å². The van der Waals surface area contributed by atoms with Crippen LogP contribution in [0, 0.1) is 5.92 Å². The van der Waals surface area contributed by atoms with E-state index in [1.54, 1.807) is 0 Å². The van der Waals surface area contributed by atoms with E-state index in [0.29, 0.717) is 11.8 Å². The number of carbonyl (C=O) groups is 2. The smallest absolute Gasteiger partial charge is 0.222 e. The van der Waals surface area contributed by atoms with Crippen LogP contribution < -0.4 is 5.32 Å². The second-order valence-corrected chi connectivity index (χ2v) is 4.21. The van der Waals surface area contributed by atoms with Gasteiger partial charge in [0.25, 0.3) is 0 Å². The van der Waals surface area contributed by atoms with E-state index < -0.39 is 0 Å². The Bertz CT molecular complexity index is 233. The van der Waals surface area contributed by atoms with E-state index in [0.717, 1.165) is 38.8 Å². The van der Waals surface area contributed by atoms with Gasteiger partial charge >= 0.3 is 0 Å². The lowest BCUT2D eigenvalue weighted by Gasteiger charge is -2.06. The first-order valence-corrected chi connectivity index (χ1v) is 5.64. The normalized spacial score (nSPS) is 24.9. The highest BCUT2D eigenvalue weighted by molar-refractivity contribution is 5.78. The zero-order valence-electron chi connectivity index (χ0n) is 9.58. The van der Waals surface area contributed by atoms with Crippen molar-refractivity contribution < 1.29 is 9.59 Å². The number of amides is 2. The first kappa shape index (κ1) is 12.0. The van der Waals surface area contributed by atoms with Gasteiger partial charge < -0.3 is 10.2 Å². The summed E-state index contributed by atoms with van der Waals surface area (Å²) in [4.78, 5) is 22.8. The highest BCUT2D eigenvalue weighted by atomic mass is 16.2. The van der Waals surface area contributed by atoms with E-state index >= 15 is 0 Å². The Morgan fingerprint density at radius 2 is 2.20 bits per heavy atom. The Morgan fingerprint density at radius 3 is 2.40 bits per heavy atom. The second-order valence-electron chi connectivity index (χ2n) is 4.21. The van der Waals surface area contributed by atoms with Crippen LogP contribution in [0.25, 0.3) is 0 Å². The lowest BCUT2D eigenvalue weighted by Crippen LogP contribution is -2.18. The van der Waals surface area contributed by atoms with E-state index in [4.69, 9.17) is 0 Å². The van der Waals surface area contributed by atoms with Gasteiger partial charge in [-0.05, 0) is 12.3 Å². The Labute approximate surface area is 91.0 Å². The first-order chi connectivity index (χ1) is 7.13. The van der Waals surface area contributed by atoms with Gasteiger partial charge in [-0.3, -0.25) is 9.59 Å². The van der Waals surface area contributed by atoms with Crippen molar-refractivity contribution in [3.63, 3.8) is 0 Å². The van der Waals surface area contributed by atoms with E-state index in [2.05, 4.69) is 12.2 Å². The summed E-state index contributed by atoms with van der Waals surface area (Å²) in [5.74, 6) is 1.14. The maximum Gasteiger partial charge on any atom is 0.222 e. The van der Waals surface area contributed by atoms with E-state index in [1.807, 2.05) is 11.9 Å². The molecule has 0 aromatic rings. The van der Waals surface area contributed by atoms with Gasteiger partial charge in [-0.25, -0.2) is 0 Å². The van der Waals surface area contributed by atoms with Crippen molar-refractivity contribution >= 4 is 11.8 Å². The number of likely N-dealkylation sites (tertiary alicyclic amines) is 1. The fraction of sp³-hybridized carbons (Fsp3) is 0.818. The predicted molar refractivity (Wildman–Crippen MR) is 58.3 cm³/mol. The van der Waals surface area contributed by atoms with Crippen LogP contribution in [0.2, 0.25) is 0 Å². The molecule has 1 unspecified atom stereocenters. The SMILES string of the molecule is CCC1CC(=O)N(C)C1.O=C1CCCN1. The van der Waals surface area contributed by atoms with Crippen LogP contribution in [0.1, 0.15) is 32.6 Å². The summed E-state index contributed by atoms with van der Waals surface area (Å²) >= 11 is 0. The molecule has 2 saturated heterocycles. The molecule has 2 aliphatic rings. The van der Waals surface area contributed by atoms with Crippen LogP contribution in [0.15, 0.2) is 0 Å². The molecular weight excluding hydrogens is 192 g/mol. The van der Waals surface area contributed by atoms with Crippen molar-refractivity contribution in [3.05, 3.63) is 0 Å². The highest BCUT2D eigenvalue weighted by Gasteiger charge is 2.24. The number of nitrogens with one attached hydrogen (secondary N) is 1. The molecule has 15 heavy (non-hydrogen) atoms. The molecular formula is C11H20N2O2. The molecule has 0 aromatic carbocycles. The van der Waals surface area contributed by atoms with Gasteiger partial charge in [0.05, 0.1) is 0 Å². The molecule has 86 valence electrons. The number of hydrogen-bond acceptors (Lipinski definition) is 2. The average Bonchev–Trinajstić information content (AvgIpc) is 2.79. The molecule has 0 radical (unpaired) electrons. The summed E-state index contributed by atoms with van der Waals surface area (Å²) in [5.41, 5.74) is 0.